The number of rotatable bonds is 5. The largest absolute Gasteiger partial charge is 0.504 e. The number of para-hydroxylation sites is 1. The predicted octanol–water partition coefficient (Wildman–Crippen LogP) is 3.40. The Morgan fingerprint density at radius 1 is 1.18 bits per heavy atom. The number of ether oxygens (including phenoxy) is 1. The normalized spacial score (nSPS) is 15.1. The zero-order chi connectivity index (χ0) is 20.0. The van der Waals surface area contributed by atoms with E-state index in [4.69, 9.17) is 4.74 Å². The van der Waals surface area contributed by atoms with Crippen molar-refractivity contribution in [2.75, 3.05) is 13.7 Å². The van der Waals surface area contributed by atoms with Crippen LogP contribution in [0, 0.1) is 0 Å². The molecule has 0 aromatic heterocycles. The van der Waals surface area contributed by atoms with Gasteiger partial charge in [-0.2, -0.15) is 0 Å². The molecule has 0 saturated heterocycles. The third-order valence-corrected chi connectivity index (χ3v) is 5.74. The highest BCUT2D eigenvalue weighted by molar-refractivity contribution is 7.90. The predicted molar refractivity (Wildman–Crippen MR) is 109 cm³/mol. The maximum atomic E-state index is 12.7. The molecular weight excluding hydrogens is 378 g/mol. The fourth-order valence-corrected chi connectivity index (χ4v) is 3.98. The van der Waals surface area contributed by atoms with Crippen LogP contribution in [0.2, 0.25) is 0 Å². The topological polar surface area (TPSA) is 100 Å². The minimum atomic E-state index is -3.72. The van der Waals surface area contributed by atoms with Gasteiger partial charge in [0, 0.05) is 24.7 Å². The first kappa shape index (κ1) is 19.9. The van der Waals surface area contributed by atoms with Crippen LogP contribution in [0.4, 0.5) is 5.69 Å². The van der Waals surface area contributed by atoms with Gasteiger partial charge in [0.2, 0.25) is 0 Å². The fraction of sp³-hybridized carbons (Fsp3) is 0.300. The lowest BCUT2D eigenvalue weighted by atomic mass is 10.2. The summed E-state index contributed by atoms with van der Waals surface area (Å²) in [6, 6.07) is 11.4. The standard InChI is InChI=1S/C20H23N3O4S/c1-27-18-10-5-7-15(20(18)24)14-22-16-8-6-9-17(13-16)28(25,26)23-19-11-3-2-4-12-21-19/h5-10,13-14,24H,2-4,11-12H2,1H3,(H,21,23). The van der Waals surface area contributed by atoms with Crippen molar-refractivity contribution >= 4 is 27.8 Å². The monoisotopic (exact) mass is 401 g/mol. The second-order valence-electron chi connectivity index (χ2n) is 6.40. The van der Waals surface area contributed by atoms with Crippen molar-refractivity contribution in [2.45, 2.75) is 30.6 Å². The molecule has 0 saturated carbocycles. The highest BCUT2D eigenvalue weighted by Gasteiger charge is 2.17. The smallest absolute Gasteiger partial charge is 0.262 e. The molecule has 0 bridgehead atoms. The van der Waals surface area contributed by atoms with Gasteiger partial charge >= 0.3 is 0 Å². The van der Waals surface area contributed by atoms with Crippen molar-refractivity contribution in [3.63, 3.8) is 0 Å². The van der Waals surface area contributed by atoms with Gasteiger partial charge in [0.25, 0.3) is 10.0 Å². The average molecular weight is 401 g/mol. The highest BCUT2D eigenvalue weighted by atomic mass is 32.2. The van der Waals surface area contributed by atoms with Crippen LogP contribution in [-0.4, -0.2) is 39.2 Å². The van der Waals surface area contributed by atoms with Gasteiger partial charge in [-0.3, -0.25) is 14.7 Å². The summed E-state index contributed by atoms with van der Waals surface area (Å²) in [5.41, 5.74) is 0.923. The molecule has 1 heterocycles. The number of nitrogens with zero attached hydrogens (tertiary/aromatic N) is 2. The molecule has 2 N–H and O–H groups in total. The van der Waals surface area contributed by atoms with Gasteiger partial charge in [-0.1, -0.05) is 18.6 Å². The van der Waals surface area contributed by atoms with E-state index in [9.17, 15) is 13.5 Å². The van der Waals surface area contributed by atoms with E-state index in [1.165, 1.54) is 25.5 Å². The lowest BCUT2D eigenvalue weighted by Crippen LogP contribution is -2.30. The summed E-state index contributed by atoms with van der Waals surface area (Å²) in [7, 11) is -2.26. The fourth-order valence-electron chi connectivity index (χ4n) is 2.85. The summed E-state index contributed by atoms with van der Waals surface area (Å²) >= 11 is 0. The van der Waals surface area contributed by atoms with Gasteiger partial charge in [0.1, 0.15) is 5.84 Å². The summed E-state index contributed by atoms with van der Waals surface area (Å²) in [6.45, 7) is 0.645. The van der Waals surface area contributed by atoms with Gasteiger partial charge in [0.05, 0.1) is 17.7 Å². The molecule has 0 unspecified atom stereocenters. The molecule has 0 aliphatic carbocycles. The lowest BCUT2D eigenvalue weighted by molar-refractivity contribution is 0.373. The number of phenols is 1. The Hall–Kier alpha value is -2.87. The molecule has 2 aromatic carbocycles. The molecule has 3 rings (SSSR count). The van der Waals surface area contributed by atoms with Crippen molar-refractivity contribution in [3.05, 3.63) is 48.0 Å². The minimum Gasteiger partial charge on any atom is -0.504 e. The number of benzene rings is 2. The Morgan fingerprint density at radius 2 is 2.00 bits per heavy atom. The van der Waals surface area contributed by atoms with Crippen molar-refractivity contribution in [1.29, 1.82) is 0 Å². The summed E-state index contributed by atoms with van der Waals surface area (Å²) in [6.07, 6.45) is 5.05. The van der Waals surface area contributed by atoms with E-state index in [1.807, 2.05) is 0 Å². The zero-order valence-corrected chi connectivity index (χ0v) is 16.4. The number of methoxy groups -OCH3 is 1. The second-order valence-corrected chi connectivity index (χ2v) is 8.08. The molecule has 1 aliphatic heterocycles. The third-order valence-electron chi connectivity index (χ3n) is 4.36. The lowest BCUT2D eigenvalue weighted by Gasteiger charge is -2.10. The van der Waals surface area contributed by atoms with Gasteiger partial charge in [-0.25, -0.2) is 8.42 Å². The average Bonchev–Trinajstić information content (AvgIpc) is 2.95. The van der Waals surface area contributed by atoms with E-state index in [0.717, 1.165) is 19.3 Å². The van der Waals surface area contributed by atoms with E-state index < -0.39 is 10.0 Å². The molecule has 7 nitrogen and oxygen atoms in total. The molecule has 28 heavy (non-hydrogen) atoms. The quantitative estimate of drug-likeness (QED) is 0.750. The first-order valence-electron chi connectivity index (χ1n) is 9.06. The van der Waals surface area contributed by atoms with E-state index in [1.54, 1.807) is 30.3 Å². The highest BCUT2D eigenvalue weighted by Crippen LogP contribution is 2.28. The summed E-state index contributed by atoms with van der Waals surface area (Å²) in [4.78, 5) is 8.72. The zero-order valence-electron chi connectivity index (χ0n) is 15.6. The van der Waals surface area contributed by atoms with E-state index in [2.05, 4.69) is 14.7 Å². The minimum absolute atomic E-state index is 0.0226. The summed E-state index contributed by atoms with van der Waals surface area (Å²) < 4.78 is 33.0. The number of nitrogens with one attached hydrogen (secondary N) is 1. The molecule has 0 radical (unpaired) electrons. The number of hydrogen-bond acceptors (Lipinski definition) is 6. The number of aliphatic imine (C=N–C) groups is 2. The molecule has 0 atom stereocenters. The van der Waals surface area contributed by atoms with Crippen LogP contribution < -0.4 is 9.46 Å². The maximum absolute atomic E-state index is 12.7. The van der Waals surface area contributed by atoms with Crippen LogP contribution in [0.1, 0.15) is 31.2 Å². The SMILES string of the molecule is COc1cccc(C=Nc2cccc(S(=O)(=O)NC3=NCCCCC3)c2)c1O. The Bertz CT molecular complexity index is 1000. The number of aromatic hydroxyl groups is 1. The Kier molecular flexibility index (Phi) is 6.30. The molecule has 0 spiro atoms. The van der Waals surface area contributed by atoms with Crippen molar-refractivity contribution in [3.8, 4) is 11.5 Å². The van der Waals surface area contributed by atoms with Crippen LogP contribution in [0.15, 0.2) is 57.3 Å². The third kappa shape index (κ3) is 4.89. The van der Waals surface area contributed by atoms with Gasteiger partial charge in [-0.05, 0) is 43.2 Å². The second kappa shape index (κ2) is 8.88. The first-order valence-corrected chi connectivity index (χ1v) is 10.5. The molecule has 2 aromatic rings. The molecule has 0 amide bonds. The summed E-state index contributed by atoms with van der Waals surface area (Å²) in [5.74, 6) is 0.826. The van der Waals surface area contributed by atoms with Gasteiger partial charge in [-0.15, -0.1) is 0 Å². The molecule has 8 heteroatoms. The molecule has 0 fully saturated rings. The molecule has 148 valence electrons. The van der Waals surface area contributed by atoms with Crippen molar-refractivity contribution < 1.29 is 18.3 Å². The Labute approximate surface area is 164 Å². The van der Waals surface area contributed by atoms with Gasteiger partial charge in [0.15, 0.2) is 11.5 Å². The van der Waals surface area contributed by atoms with Crippen molar-refractivity contribution in [2.24, 2.45) is 9.98 Å². The van der Waals surface area contributed by atoms with Crippen molar-refractivity contribution in [1.82, 2.24) is 4.72 Å². The number of phenolic OH excluding ortho intramolecular Hbond substituents is 1. The van der Waals surface area contributed by atoms with Crippen LogP contribution in [-0.2, 0) is 10.0 Å². The number of hydrogen-bond donors (Lipinski definition) is 2. The van der Waals surface area contributed by atoms with Gasteiger partial charge < -0.3 is 9.84 Å². The number of amidine groups is 1. The van der Waals surface area contributed by atoms with Crippen LogP contribution in [0.5, 0.6) is 11.5 Å². The number of sulfonamides is 1. The van der Waals surface area contributed by atoms with Crippen LogP contribution >= 0.6 is 0 Å². The Balaban J connectivity index is 1.81. The van der Waals surface area contributed by atoms with Crippen LogP contribution in [0.25, 0.3) is 0 Å². The molecular formula is C20H23N3O4S. The van der Waals surface area contributed by atoms with Crippen LogP contribution in [0.3, 0.4) is 0 Å². The first-order chi connectivity index (χ1) is 13.5. The maximum Gasteiger partial charge on any atom is 0.262 e. The van der Waals surface area contributed by atoms with E-state index >= 15 is 0 Å². The summed E-state index contributed by atoms with van der Waals surface area (Å²) in [5, 5.41) is 10.1. The molecule has 1 aliphatic rings. The Morgan fingerprint density at radius 3 is 2.82 bits per heavy atom. The van der Waals surface area contributed by atoms with E-state index in [-0.39, 0.29) is 10.6 Å². The van der Waals surface area contributed by atoms with E-state index in [0.29, 0.717) is 35.8 Å².